The highest BCUT2D eigenvalue weighted by Crippen LogP contribution is 2.33. The van der Waals surface area contributed by atoms with Gasteiger partial charge in [-0.25, -0.2) is 4.98 Å². The summed E-state index contributed by atoms with van der Waals surface area (Å²) in [6.45, 7) is 0.487. The molecule has 0 fully saturated rings. The van der Waals surface area contributed by atoms with Crippen molar-refractivity contribution in [1.82, 2.24) is 15.0 Å². The fraction of sp³-hybridized carbons (Fsp3) is 0.0714. The van der Waals surface area contributed by atoms with Crippen LogP contribution in [0, 0.1) is 0 Å². The molecule has 1 aromatic carbocycles. The first-order valence-electron chi connectivity index (χ1n) is 6.50. The van der Waals surface area contributed by atoms with E-state index < -0.39 is 0 Å². The minimum atomic E-state index is 0.0961. The summed E-state index contributed by atoms with van der Waals surface area (Å²) < 4.78 is 0. The van der Waals surface area contributed by atoms with E-state index in [4.69, 9.17) is 46.3 Å². The molecule has 5 N–H and O–H groups in total. The largest absolute Gasteiger partial charge is 0.383 e. The quantitative estimate of drug-likeness (QED) is 0.607. The monoisotopic (exact) mass is 368 g/mol. The Kier molecular flexibility index (Phi) is 4.30. The number of nitrogens with one attached hydrogen (secondary N) is 1. The Labute approximate surface area is 146 Å². The average molecular weight is 370 g/mol. The molecule has 6 nitrogen and oxygen atoms in total. The molecule has 3 aromatic rings. The van der Waals surface area contributed by atoms with Crippen LogP contribution < -0.4 is 16.8 Å². The van der Waals surface area contributed by atoms with Crippen LogP contribution in [0.4, 0.5) is 17.5 Å². The van der Waals surface area contributed by atoms with E-state index in [2.05, 4.69) is 20.3 Å². The molecular weight excluding hydrogens is 359 g/mol. The normalized spacial score (nSPS) is 10.9. The number of halogens is 3. The molecule has 0 atom stereocenters. The molecule has 0 unspecified atom stereocenters. The molecule has 0 aliphatic carbocycles. The first kappa shape index (κ1) is 15.9. The number of pyridine rings is 1. The smallest absolute Gasteiger partial charge is 0.224 e. The van der Waals surface area contributed by atoms with Crippen molar-refractivity contribution in [1.29, 1.82) is 0 Å². The van der Waals surface area contributed by atoms with Crippen LogP contribution in [-0.2, 0) is 6.54 Å². The van der Waals surface area contributed by atoms with Crippen LogP contribution in [0.5, 0.6) is 0 Å². The van der Waals surface area contributed by atoms with E-state index in [1.54, 1.807) is 18.3 Å². The fourth-order valence-electron chi connectivity index (χ4n) is 2.05. The van der Waals surface area contributed by atoms with Gasteiger partial charge in [-0.05, 0) is 23.8 Å². The van der Waals surface area contributed by atoms with Crippen LogP contribution in [0.2, 0.25) is 15.1 Å². The lowest BCUT2D eigenvalue weighted by atomic mass is 10.2. The maximum atomic E-state index is 6.00. The number of hydrogen-bond donors (Lipinski definition) is 3. The summed E-state index contributed by atoms with van der Waals surface area (Å²) in [5.41, 5.74) is 13.5. The second kappa shape index (κ2) is 6.23. The van der Waals surface area contributed by atoms with E-state index in [1.165, 1.54) is 0 Å². The highest BCUT2D eigenvalue weighted by molar-refractivity contribution is 6.48. The van der Waals surface area contributed by atoms with E-state index >= 15 is 0 Å². The molecule has 0 saturated heterocycles. The number of fused-ring (bicyclic) bond motifs is 1. The van der Waals surface area contributed by atoms with Crippen LogP contribution in [-0.4, -0.2) is 15.0 Å². The van der Waals surface area contributed by atoms with E-state index in [9.17, 15) is 0 Å². The molecule has 2 aromatic heterocycles. The maximum Gasteiger partial charge on any atom is 0.224 e. The Hall–Kier alpha value is -2.02. The van der Waals surface area contributed by atoms with Gasteiger partial charge >= 0.3 is 0 Å². The number of nitrogen functional groups attached to an aromatic ring is 2. The molecule has 0 aliphatic rings. The molecule has 0 saturated carbocycles. The van der Waals surface area contributed by atoms with Crippen LogP contribution >= 0.6 is 34.8 Å². The fourth-order valence-corrected chi connectivity index (χ4v) is 2.65. The van der Waals surface area contributed by atoms with Gasteiger partial charge in [-0.15, -0.1) is 0 Å². The average Bonchev–Trinajstić information content (AvgIpc) is 2.50. The van der Waals surface area contributed by atoms with Gasteiger partial charge in [0.05, 0.1) is 20.5 Å². The van der Waals surface area contributed by atoms with E-state index in [-0.39, 0.29) is 5.95 Å². The summed E-state index contributed by atoms with van der Waals surface area (Å²) in [6.07, 6.45) is 1.68. The van der Waals surface area contributed by atoms with Crippen LogP contribution in [0.15, 0.2) is 24.4 Å². The van der Waals surface area contributed by atoms with Crippen molar-refractivity contribution >= 4 is 63.3 Å². The Morgan fingerprint density at radius 1 is 1.00 bits per heavy atom. The predicted octanol–water partition coefficient (Wildman–Crippen LogP) is 3.76. The second-order valence-corrected chi connectivity index (χ2v) is 5.98. The molecule has 118 valence electrons. The van der Waals surface area contributed by atoms with Crippen molar-refractivity contribution in [2.45, 2.75) is 6.54 Å². The number of hydrogen-bond acceptors (Lipinski definition) is 6. The summed E-state index contributed by atoms with van der Waals surface area (Å²) in [5.74, 6) is 0.387. The summed E-state index contributed by atoms with van der Waals surface area (Å²) in [7, 11) is 0. The van der Waals surface area contributed by atoms with Gasteiger partial charge in [-0.2, -0.15) is 9.97 Å². The van der Waals surface area contributed by atoms with Crippen LogP contribution in [0.25, 0.3) is 11.0 Å². The third-order valence-corrected chi connectivity index (χ3v) is 4.33. The van der Waals surface area contributed by atoms with E-state index in [0.29, 0.717) is 38.5 Å². The maximum absolute atomic E-state index is 6.00. The lowest BCUT2D eigenvalue weighted by Crippen LogP contribution is -2.04. The van der Waals surface area contributed by atoms with Crippen LogP contribution in [0.1, 0.15) is 5.56 Å². The van der Waals surface area contributed by atoms with Crippen molar-refractivity contribution in [3.8, 4) is 0 Å². The summed E-state index contributed by atoms with van der Waals surface area (Å²) in [4.78, 5) is 12.2. The van der Waals surface area contributed by atoms with Gasteiger partial charge in [0, 0.05) is 18.4 Å². The van der Waals surface area contributed by atoms with Gasteiger partial charge in [0.2, 0.25) is 5.95 Å². The van der Waals surface area contributed by atoms with Gasteiger partial charge in [-0.3, -0.25) is 0 Å². The Bertz CT molecular complexity index is 876. The molecule has 0 amide bonds. The van der Waals surface area contributed by atoms with Gasteiger partial charge in [0.15, 0.2) is 5.65 Å². The van der Waals surface area contributed by atoms with Gasteiger partial charge in [-0.1, -0.05) is 34.8 Å². The van der Waals surface area contributed by atoms with Crippen molar-refractivity contribution < 1.29 is 0 Å². The third kappa shape index (κ3) is 3.34. The highest BCUT2D eigenvalue weighted by Gasteiger charge is 2.08. The van der Waals surface area contributed by atoms with Gasteiger partial charge < -0.3 is 16.8 Å². The standard InChI is InChI=1S/C14H11Cl3N6/c15-9-2-7(3-10(16)11(9)17)20-4-6-1-8-12(18)22-14(19)23-13(8)21-5-6/h1-3,5,20H,4H2,(H4,18,19,21,22,23). The SMILES string of the molecule is Nc1nc(N)c2cc(CNc3cc(Cl)c(Cl)c(Cl)c3)cnc2n1. The first-order chi connectivity index (χ1) is 10.9. The molecule has 23 heavy (non-hydrogen) atoms. The van der Waals surface area contributed by atoms with Crippen molar-refractivity contribution in [2.75, 3.05) is 16.8 Å². The number of benzene rings is 1. The molecule has 0 radical (unpaired) electrons. The predicted molar refractivity (Wildman–Crippen MR) is 95.0 cm³/mol. The minimum Gasteiger partial charge on any atom is -0.383 e. The summed E-state index contributed by atoms with van der Waals surface area (Å²) in [6, 6.07) is 5.24. The number of nitrogens with zero attached hydrogens (tertiary/aromatic N) is 3. The van der Waals surface area contributed by atoms with Gasteiger partial charge in [0.25, 0.3) is 0 Å². The number of aromatic nitrogens is 3. The summed E-state index contributed by atoms with van der Waals surface area (Å²) >= 11 is 17.9. The zero-order chi connectivity index (χ0) is 16.6. The second-order valence-electron chi connectivity index (χ2n) is 4.79. The minimum absolute atomic E-state index is 0.0961. The number of nitrogens with two attached hydrogens (primary N) is 2. The van der Waals surface area contributed by atoms with E-state index in [1.807, 2.05) is 6.07 Å². The van der Waals surface area contributed by atoms with E-state index in [0.717, 1.165) is 11.3 Å². The van der Waals surface area contributed by atoms with Crippen molar-refractivity contribution in [3.63, 3.8) is 0 Å². The molecule has 2 heterocycles. The summed E-state index contributed by atoms with van der Waals surface area (Å²) in [5, 5.41) is 4.93. The Morgan fingerprint density at radius 2 is 1.70 bits per heavy atom. The number of anilines is 3. The lowest BCUT2D eigenvalue weighted by molar-refractivity contribution is 1.11. The van der Waals surface area contributed by atoms with Crippen molar-refractivity contribution in [2.24, 2.45) is 0 Å². The third-order valence-electron chi connectivity index (χ3n) is 3.14. The molecule has 0 spiro atoms. The zero-order valence-electron chi connectivity index (χ0n) is 11.6. The van der Waals surface area contributed by atoms with Gasteiger partial charge in [0.1, 0.15) is 5.82 Å². The molecule has 3 rings (SSSR count). The van der Waals surface area contributed by atoms with Crippen LogP contribution in [0.3, 0.4) is 0 Å². The molecular formula is C14H11Cl3N6. The number of rotatable bonds is 3. The Morgan fingerprint density at radius 3 is 2.39 bits per heavy atom. The Balaban J connectivity index is 1.85. The molecule has 0 aliphatic heterocycles. The highest BCUT2D eigenvalue weighted by atomic mass is 35.5. The topological polar surface area (TPSA) is 103 Å². The first-order valence-corrected chi connectivity index (χ1v) is 7.63. The molecule has 0 bridgehead atoms. The van der Waals surface area contributed by atoms with Crippen molar-refractivity contribution in [3.05, 3.63) is 45.0 Å². The zero-order valence-corrected chi connectivity index (χ0v) is 13.9. The lowest BCUT2D eigenvalue weighted by Gasteiger charge is -2.10. The molecule has 9 heteroatoms.